The fourth-order valence-electron chi connectivity index (χ4n) is 6.99. The van der Waals surface area contributed by atoms with Crippen molar-refractivity contribution in [3.63, 3.8) is 0 Å². The highest BCUT2D eigenvalue weighted by Crippen LogP contribution is 2.63. The van der Waals surface area contributed by atoms with Crippen LogP contribution in [0.2, 0.25) is 0 Å². The summed E-state index contributed by atoms with van der Waals surface area (Å²) in [5.74, 6) is -1.09. The van der Waals surface area contributed by atoms with Gasteiger partial charge in [0.15, 0.2) is 0 Å². The van der Waals surface area contributed by atoms with E-state index >= 15 is 0 Å². The number of carbonyl (C=O) groups is 2. The summed E-state index contributed by atoms with van der Waals surface area (Å²) in [7, 11) is 0. The van der Waals surface area contributed by atoms with Gasteiger partial charge in [-0.3, -0.25) is 9.59 Å². The molecule has 0 spiro atoms. The molecule has 190 valence electrons. The van der Waals surface area contributed by atoms with Gasteiger partial charge in [0.25, 0.3) is 0 Å². The molecular formula is C33H25N3O3. The van der Waals surface area contributed by atoms with Crippen LogP contribution in [0.3, 0.4) is 0 Å². The Balaban J connectivity index is 1.51. The first kappa shape index (κ1) is 23.4. The predicted octanol–water partition coefficient (Wildman–Crippen LogP) is 6.03. The van der Waals surface area contributed by atoms with Gasteiger partial charge in [0.1, 0.15) is 17.4 Å². The second-order valence-electron chi connectivity index (χ2n) is 10.7. The Morgan fingerprint density at radius 2 is 1.51 bits per heavy atom. The molecule has 0 unspecified atom stereocenters. The van der Waals surface area contributed by atoms with E-state index in [0.29, 0.717) is 17.0 Å². The fourth-order valence-corrected chi connectivity index (χ4v) is 6.99. The molecular weight excluding hydrogens is 486 g/mol. The van der Waals surface area contributed by atoms with Crippen LogP contribution >= 0.6 is 0 Å². The van der Waals surface area contributed by atoms with Gasteiger partial charge < -0.3 is 4.42 Å². The van der Waals surface area contributed by atoms with Crippen molar-refractivity contribution in [3.8, 4) is 6.07 Å². The molecule has 6 nitrogen and oxygen atoms in total. The summed E-state index contributed by atoms with van der Waals surface area (Å²) in [4.78, 5) is 34.8. The standard InChI is InChI=1S/C33H25N3O3/c1-18-12-14-21(15-13-18)36-31(37)28-27-22-8-4-6-10-25(22)33(29(28)32(36)38,26-11-7-5-9-23(26)27)17-35-30-24(16-34)19(2)20(3)39-30/h4-15,17,27-29H,1-3H3/t27?,28-,29+,33?/m0/s1. The number of aryl methyl sites for hydroxylation is 2. The van der Waals surface area contributed by atoms with Gasteiger partial charge in [0.2, 0.25) is 17.7 Å². The molecule has 1 aromatic heterocycles. The van der Waals surface area contributed by atoms with Gasteiger partial charge in [-0.15, -0.1) is 0 Å². The van der Waals surface area contributed by atoms with Gasteiger partial charge in [-0.1, -0.05) is 66.2 Å². The normalized spacial score (nSPS) is 24.6. The van der Waals surface area contributed by atoms with Gasteiger partial charge in [-0.2, -0.15) is 5.26 Å². The van der Waals surface area contributed by atoms with Crippen LogP contribution in [-0.2, 0) is 15.0 Å². The zero-order valence-corrected chi connectivity index (χ0v) is 21.8. The Morgan fingerprint density at radius 3 is 2.13 bits per heavy atom. The van der Waals surface area contributed by atoms with Crippen molar-refractivity contribution in [1.29, 1.82) is 5.26 Å². The third-order valence-corrected chi connectivity index (χ3v) is 8.84. The van der Waals surface area contributed by atoms with Crippen molar-refractivity contribution in [2.45, 2.75) is 32.1 Å². The number of nitriles is 1. The lowest BCUT2D eigenvalue weighted by atomic mass is 9.47. The molecule has 1 saturated heterocycles. The lowest BCUT2D eigenvalue weighted by Crippen LogP contribution is -2.54. The van der Waals surface area contributed by atoms with E-state index in [1.54, 1.807) is 13.1 Å². The number of nitrogens with zero attached hydrogens (tertiary/aromatic N) is 3. The van der Waals surface area contributed by atoms with Crippen LogP contribution in [0.4, 0.5) is 11.6 Å². The molecule has 1 aliphatic heterocycles. The highest BCUT2D eigenvalue weighted by molar-refractivity contribution is 6.25. The molecule has 4 aromatic rings. The van der Waals surface area contributed by atoms with Crippen molar-refractivity contribution in [2.24, 2.45) is 16.8 Å². The van der Waals surface area contributed by atoms with E-state index in [2.05, 4.69) is 18.2 Å². The summed E-state index contributed by atoms with van der Waals surface area (Å²) in [5, 5.41) is 9.81. The molecule has 39 heavy (non-hydrogen) atoms. The van der Waals surface area contributed by atoms with Crippen molar-refractivity contribution in [1.82, 2.24) is 0 Å². The minimum absolute atomic E-state index is 0.192. The van der Waals surface area contributed by atoms with Crippen LogP contribution in [0.5, 0.6) is 0 Å². The molecule has 6 heteroatoms. The van der Waals surface area contributed by atoms with E-state index in [9.17, 15) is 14.9 Å². The molecule has 2 bridgehead atoms. The summed E-state index contributed by atoms with van der Waals surface area (Å²) in [6.07, 6.45) is 1.76. The number of rotatable bonds is 3. The topological polar surface area (TPSA) is 86.7 Å². The lowest BCUT2D eigenvalue weighted by Gasteiger charge is -2.52. The number of imide groups is 1. The molecule has 2 amide bonds. The van der Waals surface area contributed by atoms with Gasteiger partial charge in [0, 0.05) is 17.7 Å². The second kappa shape index (κ2) is 8.12. The van der Waals surface area contributed by atoms with E-state index in [0.717, 1.165) is 33.4 Å². The van der Waals surface area contributed by atoms with Crippen LogP contribution < -0.4 is 4.90 Å². The first-order valence-electron chi connectivity index (χ1n) is 13.1. The fraction of sp³-hybridized carbons (Fsp3) is 0.212. The molecule has 0 N–H and O–H groups in total. The highest BCUT2D eigenvalue weighted by Gasteiger charge is 2.68. The number of benzene rings is 3. The summed E-state index contributed by atoms with van der Waals surface area (Å²) >= 11 is 0. The largest absolute Gasteiger partial charge is 0.442 e. The first-order valence-corrected chi connectivity index (χ1v) is 13.1. The van der Waals surface area contributed by atoms with E-state index in [4.69, 9.17) is 9.41 Å². The minimum Gasteiger partial charge on any atom is -0.442 e. The quantitative estimate of drug-likeness (QED) is 0.248. The molecule has 2 heterocycles. The number of hydrogen-bond donors (Lipinski definition) is 0. The molecule has 8 rings (SSSR count). The van der Waals surface area contributed by atoms with Crippen LogP contribution in [0, 0.1) is 43.9 Å². The number of carbonyl (C=O) groups excluding carboxylic acids is 2. The summed E-state index contributed by atoms with van der Waals surface area (Å²) in [6.45, 7) is 5.61. The first-order chi connectivity index (χ1) is 18.9. The molecule has 3 aliphatic carbocycles. The lowest BCUT2D eigenvalue weighted by molar-refractivity contribution is -0.122. The number of hydrogen-bond acceptors (Lipinski definition) is 5. The third kappa shape index (κ3) is 2.93. The molecule has 0 saturated carbocycles. The Morgan fingerprint density at radius 1 is 0.897 bits per heavy atom. The van der Waals surface area contributed by atoms with Crippen LogP contribution in [0.1, 0.15) is 50.6 Å². The third-order valence-electron chi connectivity index (χ3n) is 8.84. The zero-order chi connectivity index (χ0) is 27.1. The van der Waals surface area contributed by atoms with E-state index in [-0.39, 0.29) is 23.6 Å². The molecule has 4 aliphatic rings. The Bertz CT molecular complexity index is 1730. The van der Waals surface area contributed by atoms with Crippen LogP contribution in [0.15, 0.2) is 82.2 Å². The number of aliphatic imine (C=N–C) groups is 1. The minimum atomic E-state index is -1.01. The predicted molar refractivity (Wildman–Crippen MR) is 147 cm³/mol. The Labute approximate surface area is 226 Å². The van der Waals surface area contributed by atoms with E-state index in [1.165, 1.54) is 4.90 Å². The van der Waals surface area contributed by atoms with Crippen molar-refractivity contribution in [3.05, 3.63) is 118 Å². The number of amides is 2. The van der Waals surface area contributed by atoms with Crippen LogP contribution in [-0.4, -0.2) is 18.0 Å². The van der Waals surface area contributed by atoms with Gasteiger partial charge in [0.05, 0.1) is 22.9 Å². The van der Waals surface area contributed by atoms with Gasteiger partial charge in [-0.05, 0) is 55.2 Å². The summed E-state index contributed by atoms with van der Waals surface area (Å²) in [6, 6.07) is 25.8. The SMILES string of the molecule is Cc1ccc(N2C(=O)[C@H]3C4c5ccccc5C(C=Nc5oc(C)c(C)c5C#N)(c5ccccc54)[C@H]3C2=O)cc1. The average molecular weight is 512 g/mol. The average Bonchev–Trinajstić information content (AvgIpc) is 3.39. The Hall–Kier alpha value is -4.76. The maximum atomic E-state index is 14.4. The maximum Gasteiger partial charge on any atom is 0.239 e. The second-order valence-corrected chi connectivity index (χ2v) is 10.7. The van der Waals surface area contributed by atoms with E-state index < -0.39 is 17.3 Å². The summed E-state index contributed by atoms with van der Waals surface area (Å²) < 4.78 is 5.88. The van der Waals surface area contributed by atoms with Crippen molar-refractivity contribution in [2.75, 3.05) is 4.90 Å². The molecule has 3 aromatic carbocycles. The van der Waals surface area contributed by atoms with Crippen LogP contribution in [0.25, 0.3) is 0 Å². The zero-order valence-electron chi connectivity index (χ0n) is 21.8. The number of anilines is 1. The van der Waals surface area contributed by atoms with Crippen molar-refractivity contribution < 1.29 is 14.0 Å². The number of furan rings is 1. The highest BCUT2D eigenvalue weighted by atomic mass is 16.4. The van der Waals surface area contributed by atoms with Gasteiger partial charge in [-0.25, -0.2) is 9.89 Å². The Kier molecular flexibility index (Phi) is 4.86. The molecule has 2 atom stereocenters. The van der Waals surface area contributed by atoms with E-state index in [1.807, 2.05) is 74.5 Å². The monoisotopic (exact) mass is 511 g/mol. The van der Waals surface area contributed by atoms with Gasteiger partial charge >= 0.3 is 0 Å². The molecule has 1 fully saturated rings. The summed E-state index contributed by atoms with van der Waals surface area (Å²) in [5.41, 5.74) is 5.72. The van der Waals surface area contributed by atoms with Crippen molar-refractivity contribution >= 4 is 29.6 Å². The molecule has 0 radical (unpaired) electrons. The smallest absolute Gasteiger partial charge is 0.239 e. The maximum absolute atomic E-state index is 14.4.